The van der Waals surface area contributed by atoms with Crippen molar-refractivity contribution in [2.75, 3.05) is 13.2 Å². The first kappa shape index (κ1) is 15.4. The van der Waals surface area contributed by atoms with Gasteiger partial charge in [0.1, 0.15) is 0 Å². The van der Waals surface area contributed by atoms with E-state index >= 15 is 0 Å². The lowest BCUT2D eigenvalue weighted by Crippen LogP contribution is -2.15. The van der Waals surface area contributed by atoms with Gasteiger partial charge in [-0.3, -0.25) is 4.98 Å². The van der Waals surface area contributed by atoms with Crippen LogP contribution < -0.4 is 10.1 Å². The number of halogens is 1. The van der Waals surface area contributed by atoms with Gasteiger partial charge in [0.15, 0.2) is 5.82 Å². The molecule has 0 aromatic carbocycles. The summed E-state index contributed by atoms with van der Waals surface area (Å²) in [5, 5.41) is 3.17. The molecule has 0 unspecified atom stereocenters. The van der Waals surface area contributed by atoms with Crippen LogP contribution in [0.15, 0.2) is 36.7 Å². The second kappa shape index (κ2) is 8.32. The number of pyridine rings is 2. The smallest absolute Gasteiger partial charge is 0.250 e. The Morgan fingerprint density at radius 3 is 2.86 bits per heavy atom. The zero-order valence-corrected chi connectivity index (χ0v) is 12.2. The number of rotatable bonds is 8. The second-order valence-corrected chi connectivity index (χ2v) is 4.69. The standard InChI is InChI=1S/C16H20FN3O/c1-2-8-18-12-13-6-10-20-16(15(13)17)21-11-7-14-5-3-4-9-19-14/h3-6,9-10,18H,2,7-8,11-12H2,1H3. The van der Waals surface area contributed by atoms with Gasteiger partial charge in [-0.1, -0.05) is 13.0 Å². The average Bonchev–Trinajstić information content (AvgIpc) is 2.52. The third-order valence-corrected chi connectivity index (χ3v) is 3.00. The van der Waals surface area contributed by atoms with Crippen molar-refractivity contribution in [3.8, 4) is 5.88 Å². The molecule has 2 aromatic heterocycles. The van der Waals surface area contributed by atoms with E-state index in [0.29, 0.717) is 25.1 Å². The molecule has 0 atom stereocenters. The number of hydrogen-bond donors (Lipinski definition) is 1. The van der Waals surface area contributed by atoms with E-state index in [0.717, 1.165) is 18.7 Å². The quantitative estimate of drug-likeness (QED) is 0.759. The van der Waals surface area contributed by atoms with Crippen molar-refractivity contribution in [3.05, 3.63) is 53.7 Å². The molecule has 21 heavy (non-hydrogen) atoms. The van der Waals surface area contributed by atoms with Crippen LogP contribution >= 0.6 is 0 Å². The summed E-state index contributed by atoms with van der Waals surface area (Å²) in [6.45, 7) is 3.77. The van der Waals surface area contributed by atoms with Crippen molar-refractivity contribution in [1.82, 2.24) is 15.3 Å². The Kier molecular flexibility index (Phi) is 6.09. The van der Waals surface area contributed by atoms with E-state index in [4.69, 9.17) is 4.74 Å². The van der Waals surface area contributed by atoms with E-state index in [-0.39, 0.29) is 11.7 Å². The molecule has 2 heterocycles. The summed E-state index contributed by atoms with van der Waals surface area (Å²) in [6.07, 6.45) is 4.94. The lowest BCUT2D eigenvalue weighted by atomic mass is 10.2. The molecular formula is C16H20FN3O. The second-order valence-electron chi connectivity index (χ2n) is 4.69. The van der Waals surface area contributed by atoms with Crippen LogP contribution in [0, 0.1) is 5.82 Å². The SMILES string of the molecule is CCCNCc1ccnc(OCCc2ccccn2)c1F. The summed E-state index contributed by atoms with van der Waals surface area (Å²) in [6, 6.07) is 7.36. The highest BCUT2D eigenvalue weighted by atomic mass is 19.1. The topological polar surface area (TPSA) is 47.0 Å². The Labute approximate surface area is 124 Å². The number of ether oxygens (including phenoxy) is 1. The molecule has 4 nitrogen and oxygen atoms in total. The minimum atomic E-state index is -0.387. The van der Waals surface area contributed by atoms with Crippen LogP contribution in [0.25, 0.3) is 0 Å². The van der Waals surface area contributed by atoms with Gasteiger partial charge in [-0.05, 0) is 31.2 Å². The molecule has 0 saturated heterocycles. The van der Waals surface area contributed by atoms with Crippen molar-refractivity contribution < 1.29 is 9.13 Å². The lowest BCUT2D eigenvalue weighted by molar-refractivity contribution is 0.289. The summed E-state index contributed by atoms with van der Waals surface area (Å²) < 4.78 is 19.6. The molecule has 0 amide bonds. The highest BCUT2D eigenvalue weighted by molar-refractivity contribution is 5.23. The van der Waals surface area contributed by atoms with Crippen LogP contribution in [0.5, 0.6) is 5.88 Å². The summed E-state index contributed by atoms with van der Waals surface area (Å²) in [5.74, 6) is -0.330. The summed E-state index contributed by atoms with van der Waals surface area (Å²) in [7, 11) is 0. The fraction of sp³-hybridized carbons (Fsp3) is 0.375. The molecule has 0 fully saturated rings. The zero-order chi connectivity index (χ0) is 14.9. The Bertz CT molecular complexity index is 548. The van der Waals surface area contributed by atoms with Gasteiger partial charge in [0.05, 0.1) is 6.61 Å². The zero-order valence-electron chi connectivity index (χ0n) is 12.2. The van der Waals surface area contributed by atoms with Crippen molar-refractivity contribution in [2.45, 2.75) is 26.3 Å². The fourth-order valence-electron chi connectivity index (χ4n) is 1.90. The maximum Gasteiger partial charge on any atom is 0.250 e. The fourth-order valence-corrected chi connectivity index (χ4v) is 1.90. The van der Waals surface area contributed by atoms with Crippen molar-refractivity contribution in [1.29, 1.82) is 0 Å². The van der Waals surface area contributed by atoms with Gasteiger partial charge < -0.3 is 10.1 Å². The molecule has 0 bridgehead atoms. The first-order valence-electron chi connectivity index (χ1n) is 7.18. The van der Waals surface area contributed by atoms with Crippen molar-refractivity contribution in [2.24, 2.45) is 0 Å². The molecule has 0 aliphatic carbocycles. The Morgan fingerprint density at radius 1 is 1.19 bits per heavy atom. The normalized spacial score (nSPS) is 10.6. The summed E-state index contributed by atoms with van der Waals surface area (Å²) in [5.41, 5.74) is 1.49. The first-order valence-corrected chi connectivity index (χ1v) is 7.18. The van der Waals surface area contributed by atoms with Gasteiger partial charge in [0, 0.05) is 36.6 Å². The molecule has 112 valence electrons. The van der Waals surface area contributed by atoms with Crippen LogP contribution in [0.4, 0.5) is 4.39 Å². The van der Waals surface area contributed by atoms with E-state index in [1.807, 2.05) is 18.2 Å². The van der Waals surface area contributed by atoms with Gasteiger partial charge in [0.25, 0.3) is 5.88 Å². The van der Waals surface area contributed by atoms with E-state index in [1.54, 1.807) is 18.5 Å². The molecule has 1 N–H and O–H groups in total. The van der Waals surface area contributed by atoms with Crippen molar-refractivity contribution >= 4 is 0 Å². The third-order valence-electron chi connectivity index (χ3n) is 3.00. The predicted molar refractivity (Wildman–Crippen MR) is 79.6 cm³/mol. The van der Waals surface area contributed by atoms with Crippen LogP contribution in [0.3, 0.4) is 0 Å². The Morgan fingerprint density at radius 2 is 2.10 bits per heavy atom. The molecule has 0 aliphatic rings. The van der Waals surface area contributed by atoms with E-state index < -0.39 is 0 Å². The average molecular weight is 289 g/mol. The largest absolute Gasteiger partial charge is 0.475 e. The summed E-state index contributed by atoms with van der Waals surface area (Å²) >= 11 is 0. The van der Waals surface area contributed by atoms with Gasteiger partial charge in [-0.25, -0.2) is 9.37 Å². The van der Waals surface area contributed by atoms with E-state index in [1.165, 1.54) is 0 Å². The van der Waals surface area contributed by atoms with Crippen molar-refractivity contribution in [3.63, 3.8) is 0 Å². The van der Waals surface area contributed by atoms with E-state index in [2.05, 4.69) is 22.2 Å². The van der Waals surface area contributed by atoms with Crippen LogP contribution in [0.1, 0.15) is 24.6 Å². The Balaban J connectivity index is 1.89. The number of aromatic nitrogens is 2. The lowest BCUT2D eigenvalue weighted by Gasteiger charge is -2.09. The monoisotopic (exact) mass is 289 g/mol. The highest BCUT2D eigenvalue weighted by Crippen LogP contribution is 2.17. The molecule has 0 spiro atoms. The Hall–Kier alpha value is -2.01. The van der Waals surface area contributed by atoms with Gasteiger partial charge in [0.2, 0.25) is 0 Å². The van der Waals surface area contributed by atoms with Gasteiger partial charge in [-0.2, -0.15) is 0 Å². The maximum atomic E-state index is 14.2. The molecule has 5 heteroatoms. The minimum Gasteiger partial charge on any atom is -0.475 e. The maximum absolute atomic E-state index is 14.2. The molecule has 0 radical (unpaired) electrons. The number of nitrogens with one attached hydrogen (secondary N) is 1. The highest BCUT2D eigenvalue weighted by Gasteiger charge is 2.10. The minimum absolute atomic E-state index is 0.0572. The summed E-state index contributed by atoms with van der Waals surface area (Å²) in [4.78, 5) is 8.15. The number of nitrogens with zero attached hydrogens (tertiary/aromatic N) is 2. The van der Waals surface area contributed by atoms with E-state index in [9.17, 15) is 4.39 Å². The molecule has 0 saturated carbocycles. The molecule has 0 aliphatic heterocycles. The van der Waals surface area contributed by atoms with Gasteiger partial charge >= 0.3 is 0 Å². The van der Waals surface area contributed by atoms with Gasteiger partial charge in [-0.15, -0.1) is 0 Å². The predicted octanol–water partition coefficient (Wildman–Crippen LogP) is 2.74. The first-order chi connectivity index (χ1) is 10.3. The molecular weight excluding hydrogens is 269 g/mol. The molecule has 2 rings (SSSR count). The van der Waals surface area contributed by atoms with Crippen LogP contribution in [-0.4, -0.2) is 23.1 Å². The third kappa shape index (κ3) is 4.79. The number of hydrogen-bond acceptors (Lipinski definition) is 4. The van der Waals surface area contributed by atoms with Crippen LogP contribution in [-0.2, 0) is 13.0 Å². The molecule has 2 aromatic rings. The van der Waals surface area contributed by atoms with Crippen LogP contribution in [0.2, 0.25) is 0 Å².